The summed E-state index contributed by atoms with van der Waals surface area (Å²) in [7, 11) is 0. The molecule has 1 aliphatic carbocycles. The van der Waals surface area contributed by atoms with Crippen molar-refractivity contribution < 1.29 is 4.79 Å². The second kappa shape index (κ2) is 7.32. The summed E-state index contributed by atoms with van der Waals surface area (Å²) in [5.41, 5.74) is 2.16. The highest BCUT2D eigenvalue weighted by molar-refractivity contribution is 5.91. The Morgan fingerprint density at radius 1 is 1.30 bits per heavy atom. The summed E-state index contributed by atoms with van der Waals surface area (Å²) in [6.45, 7) is 5.58. The van der Waals surface area contributed by atoms with Gasteiger partial charge in [0.2, 0.25) is 0 Å². The van der Waals surface area contributed by atoms with Gasteiger partial charge in [-0.2, -0.15) is 0 Å². The predicted molar refractivity (Wildman–Crippen MR) is 84.2 cm³/mol. The fraction of sp³-hybridized carbons (Fsp3) is 0.588. The summed E-state index contributed by atoms with van der Waals surface area (Å²) in [5.74, 6) is 0.670. The summed E-state index contributed by atoms with van der Waals surface area (Å²) >= 11 is 0. The molecular formula is C17H26N2O. The van der Waals surface area contributed by atoms with E-state index in [1.165, 1.54) is 37.7 Å². The molecule has 3 nitrogen and oxygen atoms in total. The van der Waals surface area contributed by atoms with Crippen LogP contribution in [0.25, 0.3) is 0 Å². The van der Waals surface area contributed by atoms with Crippen molar-refractivity contribution in [2.24, 2.45) is 5.92 Å². The standard InChI is InChI=1S/C17H26N2O/c1-3-19(16-11-7-8-14(2)12-16)17(20)18-13-15-9-5-4-6-10-15/h7-8,11-12,15H,3-6,9-10,13H2,1-2H3,(H,18,20). The number of urea groups is 1. The molecule has 2 rings (SSSR count). The number of carbonyl (C=O) groups excluding carboxylic acids is 1. The Bertz CT molecular complexity index is 438. The zero-order valence-electron chi connectivity index (χ0n) is 12.7. The van der Waals surface area contributed by atoms with Crippen LogP contribution in [0.5, 0.6) is 0 Å². The number of benzene rings is 1. The van der Waals surface area contributed by atoms with Gasteiger partial charge in [0.25, 0.3) is 0 Å². The SMILES string of the molecule is CCN(C(=O)NCC1CCCCC1)c1cccc(C)c1. The van der Waals surface area contributed by atoms with E-state index >= 15 is 0 Å². The molecule has 0 atom stereocenters. The van der Waals surface area contributed by atoms with Crippen LogP contribution in [-0.4, -0.2) is 19.1 Å². The fourth-order valence-electron chi connectivity index (χ4n) is 2.96. The lowest BCUT2D eigenvalue weighted by atomic mass is 9.89. The van der Waals surface area contributed by atoms with Crippen molar-refractivity contribution in [1.82, 2.24) is 5.32 Å². The van der Waals surface area contributed by atoms with Crippen LogP contribution in [0.2, 0.25) is 0 Å². The first-order valence-corrected chi connectivity index (χ1v) is 7.82. The Labute approximate surface area is 122 Å². The van der Waals surface area contributed by atoms with Gasteiger partial charge in [0, 0.05) is 18.8 Å². The van der Waals surface area contributed by atoms with Crippen LogP contribution < -0.4 is 10.2 Å². The molecule has 0 radical (unpaired) electrons. The molecular weight excluding hydrogens is 248 g/mol. The number of hydrogen-bond acceptors (Lipinski definition) is 1. The van der Waals surface area contributed by atoms with Gasteiger partial charge in [0.15, 0.2) is 0 Å². The quantitative estimate of drug-likeness (QED) is 0.880. The monoisotopic (exact) mass is 274 g/mol. The maximum atomic E-state index is 12.3. The normalized spacial score (nSPS) is 15.9. The van der Waals surface area contributed by atoms with Crippen molar-refractivity contribution in [2.45, 2.75) is 46.0 Å². The highest BCUT2D eigenvalue weighted by Crippen LogP contribution is 2.23. The Kier molecular flexibility index (Phi) is 5.45. The van der Waals surface area contributed by atoms with Gasteiger partial charge in [-0.05, 0) is 50.3 Å². The van der Waals surface area contributed by atoms with Crippen LogP contribution in [0.15, 0.2) is 24.3 Å². The van der Waals surface area contributed by atoms with E-state index < -0.39 is 0 Å². The van der Waals surface area contributed by atoms with E-state index in [1.54, 1.807) is 0 Å². The maximum Gasteiger partial charge on any atom is 0.321 e. The van der Waals surface area contributed by atoms with E-state index in [-0.39, 0.29) is 6.03 Å². The van der Waals surface area contributed by atoms with Crippen molar-refractivity contribution in [3.8, 4) is 0 Å². The van der Waals surface area contributed by atoms with Gasteiger partial charge in [0.05, 0.1) is 0 Å². The number of carbonyl (C=O) groups is 1. The summed E-state index contributed by atoms with van der Waals surface area (Å²) < 4.78 is 0. The number of nitrogens with zero attached hydrogens (tertiary/aromatic N) is 1. The topological polar surface area (TPSA) is 32.3 Å². The van der Waals surface area contributed by atoms with E-state index in [9.17, 15) is 4.79 Å². The molecule has 0 aliphatic heterocycles. The van der Waals surface area contributed by atoms with Crippen LogP contribution in [0.1, 0.15) is 44.6 Å². The lowest BCUT2D eigenvalue weighted by Crippen LogP contribution is -2.42. The minimum atomic E-state index is 0.0312. The van der Waals surface area contributed by atoms with Crippen LogP contribution in [0, 0.1) is 12.8 Å². The molecule has 0 aromatic heterocycles. The smallest absolute Gasteiger partial charge is 0.321 e. The van der Waals surface area contributed by atoms with Crippen molar-refractivity contribution in [2.75, 3.05) is 18.0 Å². The molecule has 20 heavy (non-hydrogen) atoms. The van der Waals surface area contributed by atoms with Crippen molar-refractivity contribution in [3.63, 3.8) is 0 Å². The molecule has 110 valence electrons. The molecule has 0 bridgehead atoms. The van der Waals surface area contributed by atoms with Crippen LogP contribution in [-0.2, 0) is 0 Å². The second-order valence-corrected chi connectivity index (χ2v) is 5.77. The molecule has 0 spiro atoms. The zero-order chi connectivity index (χ0) is 14.4. The van der Waals surface area contributed by atoms with E-state index in [0.717, 1.165) is 12.2 Å². The number of nitrogens with one attached hydrogen (secondary N) is 1. The minimum Gasteiger partial charge on any atom is -0.337 e. The summed E-state index contributed by atoms with van der Waals surface area (Å²) in [6.07, 6.45) is 6.51. The van der Waals surface area contributed by atoms with E-state index in [0.29, 0.717) is 12.5 Å². The third kappa shape index (κ3) is 3.99. The van der Waals surface area contributed by atoms with Gasteiger partial charge in [-0.3, -0.25) is 4.90 Å². The average Bonchev–Trinajstić information content (AvgIpc) is 2.47. The molecule has 1 aromatic rings. The van der Waals surface area contributed by atoms with Gasteiger partial charge >= 0.3 is 6.03 Å². The summed E-state index contributed by atoms with van der Waals surface area (Å²) in [5, 5.41) is 3.11. The molecule has 0 saturated heterocycles. The van der Waals surface area contributed by atoms with Crippen LogP contribution in [0.3, 0.4) is 0 Å². The van der Waals surface area contributed by atoms with Gasteiger partial charge < -0.3 is 5.32 Å². The predicted octanol–water partition coefficient (Wildman–Crippen LogP) is 4.11. The van der Waals surface area contributed by atoms with Crippen LogP contribution in [0.4, 0.5) is 10.5 Å². The van der Waals surface area contributed by atoms with E-state index in [1.807, 2.05) is 24.0 Å². The number of amides is 2. The summed E-state index contributed by atoms with van der Waals surface area (Å²) in [4.78, 5) is 14.2. The lowest BCUT2D eigenvalue weighted by molar-refractivity contribution is 0.242. The average molecular weight is 274 g/mol. The third-order valence-electron chi connectivity index (χ3n) is 4.14. The minimum absolute atomic E-state index is 0.0312. The number of anilines is 1. The Balaban J connectivity index is 1.91. The van der Waals surface area contributed by atoms with E-state index in [4.69, 9.17) is 0 Å². The molecule has 1 N–H and O–H groups in total. The van der Waals surface area contributed by atoms with E-state index in [2.05, 4.69) is 24.4 Å². The third-order valence-corrected chi connectivity index (χ3v) is 4.14. The largest absolute Gasteiger partial charge is 0.337 e. The number of rotatable bonds is 4. The first-order valence-electron chi connectivity index (χ1n) is 7.82. The van der Waals surface area contributed by atoms with Gasteiger partial charge in [-0.15, -0.1) is 0 Å². The fourth-order valence-corrected chi connectivity index (χ4v) is 2.96. The second-order valence-electron chi connectivity index (χ2n) is 5.77. The molecule has 1 aliphatic rings. The van der Waals surface area contributed by atoms with Crippen molar-refractivity contribution in [3.05, 3.63) is 29.8 Å². The van der Waals surface area contributed by atoms with Crippen molar-refractivity contribution in [1.29, 1.82) is 0 Å². The molecule has 1 aromatic carbocycles. The molecule has 0 heterocycles. The molecule has 1 saturated carbocycles. The molecule has 1 fully saturated rings. The highest BCUT2D eigenvalue weighted by Gasteiger charge is 2.17. The van der Waals surface area contributed by atoms with Crippen molar-refractivity contribution >= 4 is 11.7 Å². The number of aryl methyl sites for hydroxylation is 1. The number of hydrogen-bond donors (Lipinski definition) is 1. The molecule has 0 unspecified atom stereocenters. The Morgan fingerprint density at radius 3 is 2.70 bits per heavy atom. The van der Waals surface area contributed by atoms with Crippen LogP contribution >= 0.6 is 0 Å². The van der Waals surface area contributed by atoms with Gasteiger partial charge in [-0.1, -0.05) is 31.4 Å². The Hall–Kier alpha value is -1.51. The van der Waals surface area contributed by atoms with Gasteiger partial charge in [-0.25, -0.2) is 4.79 Å². The Morgan fingerprint density at radius 2 is 2.05 bits per heavy atom. The molecule has 2 amide bonds. The highest BCUT2D eigenvalue weighted by atomic mass is 16.2. The van der Waals surface area contributed by atoms with Gasteiger partial charge in [0.1, 0.15) is 0 Å². The summed E-state index contributed by atoms with van der Waals surface area (Å²) in [6, 6.07) is 8.14. The lowest BCUT2D eigenvalue weighted by Gasteiger charge is -2.25. The first kappa shape index (κ1) is 14.9. The zero-order valence-corrected chi connectivity index (χ0v) is 12.7. The first-order chi connectivity index (χ1) is 9.70. The molecule has 3 heteroatoms. The maximum absolute atomic E-state index is 12.3.